The van der Waals surface area contributed by atoms with E-state index in [0.29, 0.717) is 0 Å². The SMILES string of the molecule is Brc1cccnc1.Brc1cccnc1.Cc1cc(C)c(N2[CH-]N(c3c(C)cc(C)cc3C)CC2)c(C)c1.[Ru+]=[CH]c1ccccc1. The van der Waals surface area contributed by atoms with Crippen LogP contribution in [-0.2, 0) is 17.9 Å². The van der Waals surface area contributed by atoms with E-state index in [0.717, 1.165) is 22.0 Å². The standard InChI is InChI=1S/C21H27N2.C7H6.2C5H4BrN.Ru/c1-14-9-16(3)20(17(4)10-14)22-7-8-23(13-22)21-18(5)11-15(2)12-19(21)6;1-7-5-3-2-4-6-7;2*6-5-2-1-3-7-4-5;/h9-13H,7-8H2,1-6H3;1-6H;2*1-4H;/q-1;;;;+1. The first-order valence-corrected chi connectivity index (χ1v) is 17.3. The van der Waals surface area contributed by atoms with E-state index >= 15 is 0 Å². The number of pyridine rings is 2. The fourth-order valence-corrected chi connectivity index (χ4v) is 6.17. The summed E-state index contributed by atoms with van der Waals surface area (Å²) in [6.07, 6.45) is 6.98. The molecule has 7 heteroatoms. The normalized spacial score (nSPS) is 11.7. The molecule has 3 heterocycles. The molecule has 4 nitrogen and oxygen atoms in total. The summed E-state index contributed by atoms with van der Waals surface area (Å²) >= 11 is 8.98. The molecule has 0 saturated carbocycles. The van der Waals surface area contributed by atoms with Crippen LogP contribution >= 0.6 is 31.9 Å². The van der Waals surface area contributed by atoms with E-state index in [9.17, 15) is 0 Å². The molecule has 1 aliphatic heterocycles. The van der Waals surface area contributed by atoms with Gasteiger partial charge >= 0.3 is 58.4 Å². The number of aryl methyl sites for hydroxylation is 6. The van der Waals surface area contributed by atoms with Crippen LogP contribution in [-0.4, -0.2) is 27.7 Å². The molecule has 0 spiro atoms. The molecule has 0 aliphatic carbocycles. The van der Waals surface area contributed by atoms with Crippen LogP contribution in [0.5, 0.6) is 0 Å². The van der Waals surface area contributed by atoms with Crippen molar-refractivity contribution in [2.45, 2.75) is 41.5 Å². The molecule has 1 fully saturated rings. The molecule has 45 heavy (non-hydrogen) atoms. The predicted octanol–water partition coefficient (Wildman–Crippen LogP) is 10.1. The first-order valence-electron chi connectivity index (χ1n) is 14.7. The van der Waals surface area contributed by atoms with Crippen LogP contribution in [0.15, 0.2) is 113 Å². The van der Waals surface area contributed by atoms with E-state index in [-0.39, 0.29) is 0 Å². The number of hydrogen-bond donors (Lipinski definition) is 0. The number of halogens is 2. The Labute approximate surface area is 296 Å². The van der Waals surface area contributed by atoms with Gasteiger partial charge in [0.15, 0.2) is 0 Å². The van der Waals surface area contributed by atoms with Crippen LogP contribution < -0.4 is 9.80 Å². The van der Waals surface area contributed by atoms with E-state index in [1.807, 2.05) is 47.1 Å². The summed E-state index contributed by atoms with van der Waals surface area (Å²) in [5.74, 6) is 0. The average molecular weight is 815 g/mol. The van der Waals surface area contributed by atoms with Crippen molar-refractivity contribution in [2.75, 3.05) is 22.9 Å². The van der Waals surface area contributed by atoms with Crippen LogP contribution in [0.3, 0.4) is 0 Å². The first-order chi connectivity index (χ1) is 21.6. The van der Waals surface area contributed by atoms with Gasteiger partial charge in [-0.05, 0) is 120 Å². The molecule has 5 aromatic rings. The van der Waals surface area contributed by atoms with Gasteiger partial charge in [-0.25, -0.2) is 0 Å². The van der Waals surface area contributed by atoms with Gasteiger partial charge in [-0.2, -0.15) is 6.67 Å². The molecule has 0 bridgehead atoms. The number of nitrogens with zero attached hydrogens (tertiary/aromatic N) is 4. The minimum absolute atomic E-state index is 1.02. The van der Waals surface area contributed by atoms with Gasteiger partial charge in [0.25, 0.3) is 0 Å². The predicted molar refractivity (Wildman–Crippen MR) is 196 cm³/mol. The number of anilines is 2. The van der Waals surface area contributed by atoms with Gasteiger partial charge in [0.2, 0.25) is 0 Å². The van der Waals surface area contributed by atoms with Gasteiger partial charge in [-0.1, -0.05) is 35.4 Å². The Bertz CT molecular complexity index is 1480. The summed E-state index contributed by atoms with van der Waals surface area (Å²) in [6.45, 7) is 17.6. The molecule has 6 rings (SSSR count). The second-order valence-electron chi connectivity index (χ2n) is 10.9. The van der Waals surface area contributed by atoms with Crippen LogP contribution in [0.4, 0.5) is 11.4 Å². The Morgan fingerprint density at radius 2 is 1.02 bits per heavy atom. The number of aromatic nitrogens is 2. The number of rotatable bonds is 3. The molecule has 0 amide bonds. The molecule has 3 aromatic carbocycles. The molecule has 0 atom stereocenters. The van der Waals surface area contributed by atoms with E-state index in [4.69, 9.17) is 0 Å². The molecule has 1 aliphatic rings. The van der Waals surface area contributed by atoms with Gasteiger partial charge in [0.05, 0.1) is 0 Å². The summed E-state index contributed by atoms with van der Waals surface area (Å²) in [5.41, 5.74) is 12.1. The Hall–Kier alpha value is -2.99. The Morgan fingerprint density at radius 3 is 1.29 bits per heavy atom. The van der Waals surface area contributed by atoms with Gasteiger partial charge in [-0.3, -0.25) is 9.97 Å². The number of hydrogen-bond acceptors (Lipinski definition) is 4. The molecular formula is C38H41Br2N4Ru. The van der Waals surface area contributed by atoms with Crippen molar-refractivity contribution >= 4 is 47.8 Å². The van der Waals surface area contributed by atoms with Gasteiger partial charge in [0, 0.05) is 58.2 Å². The molecule has 1 saturated heterocycles. The number of benzene rings is 3. The molecule has 2 aromatic heterocycles. The van der Waals surface area contributed by atoms with Crippen molar-refractivity contribution in [3.63, 3.8) is 0 Å². The average Bonchev–Trinajstić information content (AvgIpc) is 3.47. The zero-order valence-corrected chi connectivity index (χ0v) is 31.7. The topological polar surface area (TPSA) is 32.3 Å². The maximum atomic E-state index is 3.84. The summed E-state index contributed by atoms with van der Waals surface area (Å²) in [6, 6.07) is 26.9. The van der Waals surface area contributed by atoms with Crippen molar-refractivity contribution in [1.29, 1.82) is 0 Å². The molecule has 0 radical (unpaired) electrons. The van der Waals surface area contributed by atoms with Gasteiger partial charge < -0.3 is 9.80 Å². The third-order valence-corrected chi connectivity index (χ3v) is 8.39. The second kappa shape index (κ2) is 18.9. The summed E-state index contributed by atoms with van der Waals surface area (Å²) in [4.78, 5) is 12.5. The zero-order chi connectivity index (χ0) is 32.8. The van der Waals surface area contributed by atoms with Gasteiger partial charge in [0.1, 0.15) is 0 Å². The van der Waals surface area contributed by atoms with E-state index in [1.54, 1.807) is 24.8 Å². The van der Waals surface area contributed by atoms with E-state index in [2.05, 4.69) is 154 Å². The summed E-state index contributed by atoms with van der Waals surface area (Å²) < 4.78 is 4.06. The third-order valence-electron chi connectivity index (χ3n) is 6.87. The van der Waals surface area contributed by atoms with Crippen molar-refractivity contribution < 1.29 is 17.9 Å². The molecular weight excluding hydrogens is 773 g/mol. The Kier molecular flexibility index (Phi) is 15.3. The van der Waals surface area contributed by atoms with E-state index < -0.39 is 0 Å². The summed E-state index contributed by atoms with van der Waals surface area (Å²) in [7, 11) is 0. The van der Waals surface area contributed by atoms with Crippen molar-refractivity contribution in [3.05, 3.63) is 158 Å². The van der Waals surface area contributed by atoms with Crippen LogP contribution in [0.2, 0.25) is 0 Å². The third kappa shape index (κ3) is 12.0. The van der Waals surface area contributed by atoms with Crippen LogP contribution in [0, 0.1) is 48.2 Å². The molecule has 0 N–H and O–H groups in total. The van der Waals surface area contributed by atoms with Crippen molar-refractivity contribution in [3.8, 4) is 0 Å². The van der Waals surface area contributed by atoms with Crippen LogP contribution in [0.1, 0.15) is 38.9 Å². The van der Waals surface area contributed by atoms with Gasteiger partial charge in [-0.15, -0.1) is 0 Å². The Balaban J connectivity index is 0.000000202. The van der Waals surface area contributed by atoms with Crippen molar-refractivity contribution in [2.24, 2.45) is 0 Å². The minimum atomic E-state index is 1.02. The monoisotopic (exact) mass is 813 g/mol. The molecule has 0 unspecified atom stereocenters. The van der Waals surface area contributed by atoms with Crippen molar-refractivity contribution in [1.82, 2.24) is 9.97 Å². The zero-order valence-electron chi connectivity index (χ0n) is 26.8. The van der Waals surface area contributed by atoms with E-state index in [1.165, 1.54) is 50.3 Å². The fourth-order valence-electron chi connectivity index (χ4n) is 5.29. The van der Waals surface area contributed by atoms with Crippen LogP contribution in [0.25, 0.3) is 0 Å². The Morgan fingerprint density at radius 1 is 0.622 bits per heavy atom. The second-order valence-corrected chi connectivity index (χ2v) is 13.2. The maximum absolute atomic E-state index is 3.84. The first kappa shape index (κ1) is 36.5. The fraction of sp³-hybridized carbons (Fsp3) is 0.211. The molecule has 235 valence electrons. The summed E-state index contributed by atoms with van der Waals surface area (Å²) in [5, 5.41) is 0. The quantitative estimate of drug-likeness (QED) is 0.134.